The first-order valence-electron chi connectivity index (χ1n) is 7.96. The van der Waals surface area contributed by atoms with Crippen molar-refractivity contribution in [2.45, 2.75) is 26.4 Å². The Labute approximate surface area is 143 Å². The lowest BCUT2D eigenvalue weighted by atomic mass is 9.99. The summed E-state index contributed by atoms with van der Waals surface area (Å²) in [7, 11) is 1.40. The van der Waals surface area contributed by atoms with Crippen LogP contribution in [0.1, 0.15) is 25.0 Å². The SMILES string of the molecule is COC(=O)[C@@H](NCc1ccc(-c2ccccc2C#N)cc1)C(C)C. The summed E-state index contributed by atoms with van der Waals surface area (Å²) in [4.78, 5) is 11.8. The minimum Gasteiger partial charge on any atom is -0.468 e. The number of methoxy groups -OCH3 is 1. The van der Waals surface area contributed by atoms with E-state index in [1.54, 1.807) is 0 Å². The van der Waals surface area contributed by atoms with E-state index in [2.05, 4.69) is 11.4 Å². The maximum Gasteiger partial charge on any atom is 0.323 e. The Morgan fingerprint density at radius 1 is 1.17 bits per heavy atom. The average Bonchev–Trinajstić information content (AvgIpc) is 2.61. The van der Waals surface area contributed by atoms with Crippen LogP contribution >= 0.6 is 0 Å². The second-order valence-electron chi connectivity index (χ2n) is 5.98. The summed E-state index contributed by atoms with van der Waals surface area (Å²) in [5.74, 6) is -0.0937. The third-order valence-corrected chi connectivity index (χ3v) is 3.96. The number of nitrogens with zero attached hydrogens (tertiary/aromatic N) is 1. The molecule has 1 atom stereocenters. The van der Waals surface area contributed by atoms with E-state index < -0.39 is 0 Å². The average molecular weight is 322 g/mol. The molecule has 1 N–H and O–H groups in total. The van der Waals surface area contributed by atoms with Crippen LogP contribution in [0.5, 0.6) is 0 Å². The third-order valence-electron chi connectivity index (χ3n) is 3.96. The fraction of sp³-hybridized carbons (Fsp3) is 0.300. The van der Waals surface area contributed by atoms with Gasteiger partial charge in [-0.2, -0.15) is 5.26 Å². The van der Waals surface area contributed by atoms with Crippen molar-refractivity contribution in [1.29, 1.82) is 5.26 Å². The lowest BCUT2D eigenvalue weighted by molar-refractivity contribution is -0.144. The number of nitrogens with one attached hydrogen (secondary N) is 1. The minimum absolute atomic E-state index is 0.152. The van der Waals surface area contributed by atoms with Gasteiger partial charge in [-0.15, -0.1) is 0 Å². The zero-order valence-corrected chi connectivity index (χ0v) is 14.2. The highest BCUT2D eigenvalue weighted by atomic mass is 16.5. The normalized spacial score (nSPS) is 11.8. The van der Waals surface area contributed by atoms with Crippen LogP contribution in [-0.2, 0) is 16.1 Å². The van der Waals surface area contributed by atoms with Crippen LogP contribution in [-0.4, -0.2) is 19.1 Å². The van der Waals surface area contributed by atoms with Gasteiger partial charge >= 0.3 is 5.97 Å². The molecule has 0 unspecified atom stereocenters. The Morgan fingerprint density at radius 3 is 2.42 bits per heavy atom. The number of hydrogen-bond donors (Lipinski definition) is 1. The van der Waals surface area contributed by atoms with Crippen LogP contribution in [0.4, 0.5) is 0 Å². The molecule has 0 saturated heterocycles. The smallest absolute Gasteiger partial charge is 0.323 e. The van der Waals surface area contributed by atoms with E-state index in [-0.39, 0.29) is 17.9 Å². The summed E-state index contributed by atoms with van der Waals surface area (Å²) in [6, 6.07) is 17.4. The molecule has 0 aromatic heterocycles. The first-order valence-corrected chi connectivity index (χ1v) is 7.96. The molecule has 0 spiro atoms. The Bertz CT molecular complexity index is 730. The summed E-state index contributed by atoms with van der Waals surface area (Å²) in [6.07, 6.45) is 0. The topological polar surface area (TPSA) is 62.1 Å². The van der Waals surface area contributed by atoms with Crippen LogP contribution in [0, 0.1) is 17.2 Å². The first kappa shape index (κ1) is 17.7. The molecule has 0 amide bonds. The highest BCUT2D eigenvalue weighted by Gasteiger charge is 2.21. The van der Waals surface area contributed by atoms with Crippen molar-refractivity contribution >= 4 is 5.97 Å². The van der Waals surface area contributed by atoms with Crippen LogP contribution in [0.3, 0.4) is 0 Å². The Kier molecular flexibility index (Phi) is 6.11. The van der Waals surface area contributed by atoms with Crippen LogP contribution in [0.2, 0.25) is 0 Å². The standard InChI is InChI=1S/C20H22N2O2/c1-14(2)19(20(23)24-3)22-13-15-8-10-16(11-9-15)18-7-5-4-6-17(18)12-21/h4-11,14,19,22H,13H2,1-3H3/t19-/m0/s1. The highest BCUT2D eigenvalue weighted by molar-refractivity contribution is 5.76. The van der Waals surface area contributed by atoms with Gasteiger partial charge < -0.3 is 10.1 Å². The van der Waals surface area contributed by atoms with E-state index in [9.17, 15) is 10.1 Å². The number of nitriles is 1. The summed E-state index contributed by atoms with van der Waals surface area (Å²) >= 11 is 0. The number of esters is 1. The van der Waals surface area contributed by atoms with Gasteiger partial charge in [-0.1, -0.05) is 56.3 Å². The maximum absolute atomic E-state index is 11.8. The molecule has 0 radical (unpaired) electrons. The molecule has 2 rings (SSSR count). The van der Waals surface area contributed by atoms with Crippen molar-refractivity contribution in [2.75, 3.05) is 7.11 Å². The van der Waals surface area contributed by atoms with E-state index >= 15 is 0 Å². The third kappa shape index (κ3) is 4.21. The second-order valence-corrected chi connectivity index (χ2v) is 5.98. The summed E-state index contributed by atoms with van der Waals surface area (Å²) in [5.41, 5.74) is 3.66. The van der Waals surface area contributed by atoms with Gasteiger partial charge in [-0.05, 0) is 28.7 Å². The molecule has 124 valence electrons. The lowest BCUT2D eigenvalue weighted by Crippen LogP contribution is -2.41. The zero-order valence-electron chi connectivity index (χ0n) is 14.2. The molecule has 0 fully saturated rings. The van der Waals surface area contributed by atoms with E-state index in [1.165, 1.54) is 7.11 Å². The second kappa shape index (κ2) is 8.28. The number of carbonyl (C=O) groups excluding carboxylic acids is 1. The minimum atomic E-state index is -0.325. The molecular formula is C20H22N2O2. The van der Waals surface area contributed by atoms with Crippen molar-refractivity contribution in [1.82, 2.24) is 5.32 Å². The molecule has 2 aromatic rings. The van der Waals surface area contributed by atoms with Gasteiger partial charge in [0.25, 0.3) is 0 Å². The number of ether oxygens (including phenoxy) is 1. The van der Waals surface area contributed by atoms with Gasteiger partial charge in [0, 0.05) is 6.54 Å². The molecular weight excluding hydrogens is 300 g/mol. The molecule has 4 heteroatoms. The number of hydrogen-bond acceptors (Lipinski definition) is 4. The molecule has 0 aliphatic heterocycles. The molecule has 2 aromatic carbocycles. The van der Waals surface area contributed by atoms with Crippen molar-refractivity contribution in [3.05, 3.63) is 59.7 Å². The van der Waals surface area contributed by atoms with Crippen LogP contribution in [0.25, 0.3) is 11.1 Å². The predicted molar refractivity (Wildman–Crippen MR) is 94.1 cm³/mol. The van der Waals surface area contributed by atoms with Gasteiger partial charge in [0.1, 0.15) is 6.04 Å². The number of benzene rings is 2. The monoisotopic (exact) mass is 322 g/mol. The van der Waals surface area contributed by atoms with Crippen molar-refractivity contribution < 1.29 is 9.53 Å². The molecule has 4 nitrogen and oxygen atoms in total. The first-order chi connectivity index (χ1) is 11.6. The maximum atomic E-state index is 11.8. The molecule has 0 heterocycles. The van der Waals surface area contributed by atoms with Gasteiger partial charge in [0.05, 0.1) is 18.7 Å². The fourth-order valence-corrected chi connectivity index (χ4v) is 2.58. The van der Waals surface area contributed by atoms with Crippen LogP contribution in [0.15, 0.2) is 48.5 Å². The van der Waals surface area contributed by atoms with E-state index in [1.807, 2.05) is 62.4 Å². The molecule has 0 bridgehead atoms. The van der Waals surface area contributed by atoms with E-state index in [0.717, 1.165) is 16.7 Å². The van der Waals surface area contributed by atoms with Crippen molar-refractivity contribution in [3.63, 3.8) is 0 Å². The largest absolute Gasteiger partial charge is 0.468 e. The van der Waals surface area contributed by atoms with E-state index in [4.69, 9.17) is 4.74 Å². The molecule has 0 saturated carbocycles. The number of carbonyl (C=O) groups is 1. The predicted octanol–water partition coefficient (Wildman–Crippen LogP) is 3.51. The van der Waals surface area contributed by atoms with Gasteiger partial charge in [0.2, 0.25) is 0 Å². The van der Waals surface area contributed by atoms with Crippen molar-refractivity contribution in [3.8, 4) is 17.2 Å². The van der Waals surface area contributed by atoms with Crippen LogP contribution < -0.4 is 5.32 Å². The van der Waals surface area contributed by atoms with E-state index in [0.29, 0.717) is 12.1 Å². The zero-order chi connectivity index (χ0) is 17.5. The Morgan fingerprint density at radius 2 is 1.83 bits per heavy atom. The molecule has 0 aliphatic carbocycles. The van der Waals surface area contributed by atoms with Gasteiger partial charge in [-0.3, -0.25) is 4.79 Å². The summed E-state index contributed by atoms with van der Waals surface area (Å²) in [6.45, 7) is 4.55. The Hall–Kier alpha value is -2.64. The van der Waals surface area contributed by atoms with Crippen molar-refractivity contribution in [2.24, 2.45) is 5.92 Å². The fourth-order valence-electron chi connectivity index (χ4n) is 2.58. The summed E-state index contributed by atoms with van der Waals surface area (Å²) < 4.78 is 4.83. The quantitative estimate of drug-likeness (QED) is 0.827. The lowest BCUT2D eigenvalue weighted by Gasteiger charge is -2.20. The van der Waals surface area contributed by atoms with Gasteiger partial charge in [0.15, 0.2) is 0 Å². The Balaban J connectivity index is 2.10. The van der Waals surface area contributed by atoms with Gasteiger partial charge in [-0.25, -0.2) is 0 Å². The summed E-state index contributed by atoms with van der Waals surface area (Å²) in [5, 5.41) is 12.4. The number of rotatable bonds is 6. The molecule has 24 heavy (non-hydrogen) atoms. The highest BCUT2D eigenvalue weighted by Crippen LogP contribution is 2.23. The molecule has 0 aliphatic rings.